The van der Waals surface area contributed by atoms with Crippen LogP contribution in [0.1, 0.15) is 12.5 Å². The highest BCUT2D eigenvalue weighted by Gasteiger charge is 2.11. The maximum absolute atomic E-state index is 2.29. The third-order valence-corrected chi connectivity index (χ3v) is 4.68. The van der Waals surface area contributed by atoms with Gasteiger partial charge in [0.1, 0.15) is 0 Å². The average molecular weight is 308 g/mol. The molecule has 116 valence electrons. The third kappa shape index (κ3) is 2.51. The van der Waals surface area contributed by atoms with Crippen molar-refractivity contribution in [2.24, 2.45) is 0 Å². The second kappa shape index (κ2) is 6.33. The maximum Gasteiger partial charge on any atom is -0.00672 e. The van der Waals surface area contributed by atoms with Gasteiger partial charge in [-0.25, -0.2) is 0 Å². The summed E-state index contributed by atoms with van der Waals surface area (Å²) in [5.74, 6) is 0. The van der Waals surface area contributed by atoms with Gasteiger partial charge in [0.25, 0.3) is 0 Å². The number of fused-ring (bicyclic) bond motifs is 1. The van der Waals surface area contributed by atoms with E-state index < -0.39 is 0 Å². The molecular weight excluding hydrogens is 288 g/mol. The van der Waals surface area contributed by atoms with Crippen molar-refractivity contribution >= 4 is 10.8 Å². The fourth-order valence-electron chi connectivity index (χ4n) is 3.50. The summed E-state index contributed by atoms with van der Waals surface area (Å²) in [6.45, 7) is 2.23. The van der Waals surface area contributed by atoms with Gasteiger partial charge in [0.05, 0.1) is 0 Å². The molecule has 0 heteroatoms. The summed E-state index contributed by atoms with van der Waals surface area (Å²) >= 11 is 0. The van der Waals surface area contributed by atoms with E-state index in [9.17, 15) is 0 Å². The van der Waals surface area contributed by atoms with Crippen LogP contribution < -0.4 is 0 Å². The van der Waals surface area contributed by atoms with E-state index in [0.29, 0.717) is 0 Å². The Labute approximate surface area is 143 Å². The second-order valence-corrected chi connectivity index (χ2v) is 6.09. The number of rotatable bonds is 3. The first-order valence-corrected chi connectivity index (χ1v) is 8.54. The van der Waals surface area contributed by atoms with Gasteiger partial charge >= 0.3 is 0 Å². The van der Waals surface area contributed by atoms with E-state index in [-0.39, 0.29) is 0 Å². The molecule has 0 saturated carbocycles. The normalized spacial score (nSPS) is 10.9. The monoisotopic (exact) mass is 308 g/mol. The maximum atomic E-state index is 2.29. The molecule has 0 aliphatic carbocycles. The molecule has 0 fully saturated rings. The molecule has 24 heavy (non-hydrogen) atoms. The molecule has 0 aliphatic heterocycles. The van der Waals surface area contributed by atoms with Crippen LogP contribution in [-0.4, -0.2) is 0 Å². The minimum Gasteiger partial charge on any atom is -0.0622 e. The van der Waals surface area contributed by atoms with E-state index >= 15 is 0 Å². The molecule has 0 saturated heterocycles. The van der Waals surface area contributed by atoms with Gasteiger partial charge in [-0.15, -0.1) is 0 Å². The van der Waals surface area contributed by atoms with Gasteiger partial charge in [-0.05, 0) is 45.0 Å². The fourth-order valence-corrected chi connectivity index (χ4v) is 3.50. The van der Waals surface area contributed by atoms with Crippen molar-refractivity contribution in [2.75, 3.05) is 0 Å². The Hall–Kier alpha value is -2.86. The van der Waals surface area contributed by atoms with Crippen LogP contribution in [0.5, 0.6) is 0 Å². The van der Waals surface area contributed by atoms with Gasteiger partial charge in [-0.1, -0.05) is 97.9 Å². The van der Waals surface area contributed by atoms with Crippen LogP contribution in [-0.2, 0) is 6.42 Å². The van der Waals surface area contributed by atoms with Crippen molar-refractivity contribution in [3.8, 4) is 22.3 Å². The first kappa shape index (κ1) is 14.7. The highest BCUT2D eigenvalue weighted by atomic mass is 14.1. The average Bonchev–Trinajstić information content (AvgIpc) is 2.68. The Bertz CT molecular complexity index is 967. The molecule has 4 aromatic carbocycles. The Morgan fingerprint density at radius 2 is 1.17 bits per heavy atom. The molecule has 0 bridgehead atoms. The van der Waals surface area contributed by atoms with Crippen molar-refractivity contribution in [3.63, 3.8) is 0 Å². The number of hydrogen-bond donors (Lipinski definition) is 0. The van der Waals surface area contributed by atoms with E-state index in [1.807, 2.05) is 0 Å². The van der Waals surface area contributed by atoms with Gasteiger partial charge in [0, 0.05) is 0 Å². The topological polar surface area (TPSA) is 0 Å². The van der Waals surface area contributed by atoms with Crippen molar-refractivity contribution in [2.45, 2.75) is 13.3 Å². The summed E-state index contributed by atoms with van der Waals surface area (Å²) in [6, 6.07) is 32.6. The summed E-state index contributed by atoms with van der Waals surface area (Å²) in [7, 11) is 0. The Morgan fingerprint density at radius 3 is 1.79 bits per heavy atom. The zero-order valence-electron chi connectivity index (χ0n) is 13.9. The van der Waals surface area contributed by atoms with Crippen LogP contribution >= 0.6 is 0 Å². The summed E-state index contributed by atoms with van der Waals surface area (Å²) < 4.78 is 0. The predicted molar refractivity (Wildman–Crippen MR) is 104 cm³/mol. The Kier molecular flexibility index (Phi) is 3.88. The molecule has 4 aromatic rings. The zero-order chi connectivity index (χ0) is 16.4. The quantitative estimate of drug-likeness (QED) is 0.393. The van der Waals surface area contributed by atoms with Gasteiger partial charge in [-0.2, -0.15) is 0 Å². The highest BCUT2D eigenvalue weighted by Crippen LogP contribution is 2.37. The number of hydrogen-bond acceptors (Lipinski definition) is 0. The summed E-state index contributed by atoms with van der Waals surface area (Å²) in [5.41, 5.74) is 6.59. The minimum atomic E-state index is 1.04. The largest absolute Gasteiger partial charge is 0.0622 e. The molecule has 0 nitrogen and oxygen atoms in total. The number of benzene rings is 4. The smallest absolute Gasteiger partial charge is 0.00672 e. The molecule has 0 spiro atoms. The van der Waals surface area contributed by atoms with Crippen LogP contribution in [0.15, 0.2) is 91.0 Å². The van der Waals surface area contributed by atoms with Crippen LogP contribution in [0.2, 0.25) is 0 Å². The van der Waals surface area contributed by atoms with E-state index in [1.54, 1.807) is 0 Å². The van der Waals surface area contributed by atoms with Crippen molar-refractivity contribution in [1.29, 1.82) is 0 Å². The van der Waals surface area contributed by atoms with Crippen molar-refractivity contribution in [1.82, 2.24) is 0 Å². The molecule has 0 heterocycles. The van der Waals surface area contributed by atoms with Gasteiger partial charge in [0.15, 0.2) is 0 Å². The second-order valence-electron chi connectivity index (χ2n) is 6.09. The van der Waals surface area contributed by atoms with Crippen LogP contribution in [0.3, 0.4) is 0 Å². The van der Waals surface area contributed by atoms with E-state index in [1.165, 1.54) is 38.6 Å². The lowest BCUT2D eigenvalue weighted by atomic mass is 9.89. The Balaban J connectivity index is 2.07. The predicted octanol–water partition coefficient (Wildman–Crippen LogP) is 6.74. The van der Waals surface area contributed by atoms with Gasteiger partial charge in [-0.3, -0.25) is 0 Å². The van der Waals surface area contributed by atoms with E-state index in [2.05, 4.69) is 97.9 Å². The molecule has 0 atom stereocenters. The molecule has 0 N–H and O–H groups in total. The molecule has 4 rings (SSSR count). The molecule has 0 aromatic heterocycles. The van der Waals surface area contributed by atoms with Gasteiger partial charge < -0.3 is 0 Å². The number of aryl methyl sites for hydroxylation is 1. The molecule has 0 radical (unpaired) electrons. The minimum absolute atomic E-state index is 1.04. The lowest BCUT2D eigenvalue weighted by molar-refractivity contribution is 1.16. The third-order valence-electron chi connectivity index (χ3n) is 4.68. The van der Waals surface area contributed by atoms with Crippen LogP contribution in [0, 0.1) is 0 Å². The van der Waals surface area contributed by atoms with Gasteiger partial charge in [0.2, 0.25) is 0 Å². The summed E-state index contributed by atoms with van der Waals surface area (Å²) in [6.07, 6.45) is 1.04. The zero-order valence-corrected chi connectivity index (χ0v) is 13.9. The van der Waals surface area contributed by atoms with Crippen LogP contribution in [0.25, 0.3) is 33.0 Å². The SMILES string of the molecule is CCc1ccc(-c2ccccc2)c2cccc(-c3ccccc3)c12. The summed E-state index contributed by atoms with van der Waals surface area (Å²) in [5, 5.41) is 2.72. The molecular formula is C24H20. The molecule has 0 amide bonds. The van der Waals surface area contributed by atoms with E-state index in [4.69, 9.17) is 0 Å². The van der Waals surface area contributed by atoms with Crippen molar-refractivity contribution in [3.05, 3.63) is 96.6 Å². The lowest BCUT2D eigenvalue weighted by Gasteiger charge is -2.15. The molecule has 0 unspecified atom stereocenters. The lowest BCUT2D eigenvalue weighted by Crippen LogP contribution is -1.91. The standard InChI is InChI=1S/C24H20/c1-2-18-16-17-21(19-10-5-3-6-11-19)23-15-9-14-22(24(18)23)20-12-7-4-8-13-20/h3-17H,2H2,1H3. The summed E-state index contributed by atoms with van der Waals surface area (Å²) in [4.78, 5) is 0. The van der Waals surface area contributed by atoms with E-state index in [0.717, 1.165) is 6.42 Å². The Morgan fingerprint density at radius 1 is 0.542 bits per heavy atom. The first-order chi connectivity index (χ1) is 11.9. The highest BCUT2D eigenvalue weighted by molar-refractivity contribution is 6.06. The van der Waals surface area contributed by atoms with Crippen molar-refractivity contribution < 1.29 is 0 Å². The fraction of sp³-hybridized carbons (Fsp3) is 0.0833. The van der Waals surface area contributed by atoms with Crippen LogP contribution in [0.4, 0.5) is 0 Å². The molecule has 0 aliphatic rings. The first-order valence-electron chi connectivity index (χ1n) is 8.54.